The van der Waals surface area contributed by atoms with E-state index in [1.54, 1.807) is 12.1 Å². The third-order valence-corrected chi connectivity index (χ3v) is 7.02. The second-order valence-corrected chi connectivity index (χ2v) is 9.48. The largest absolute Gasteiger partial charge is 0.419 e. The standard InChI is InChI=1S/C26H32F4O2S/c1-3-5-16-33-23-15-14-22(24(25(23)27)26(28,29)30)19-9-6-18(7-10-19)8-11-20-12-13-21(17-32-20)31-4-2/h6-7,9-10,14-15,20-21H,3-5,8,11-13,16-17H2,1-2H3. The van der Waals surface area contributed by atoms with Gasteiger partial charge >= 0.3 is 6.18 Å². The highest BCUT2D eigenvalue weighted by molar-refractivity contribution is 7.99. The molecule has 0 bridgehead atoms. The molecule has 33 heavy (non-hydrogen) atoms. The third kappa shape index (κ3) is 7.20. The number of thioether (sulfide) groups is 1. The topological polar surface area (TPSA) is 18.5 Å². The Bertz CT molecular complexity index is 875. The molecule has 2 unspecified atom stereocenters. The van der Waals surface area contributed by atoms with Crippen LogP contribution in [0.5, 0.6) is 0 Å². The van der Waals surface area contributed by atoms with Crippen molar-refractivity contribution in [1.29, 1.82) is 0 Å². The molecule has 2 nitrogen and oxygen atoms in total. The van der Waals surface area contributed by atoms with Crippen LogP contribution in [0.3, 0.4) is 0 Å². The smallest absolute Gasteiger partial charge is 0.376 e. The average Bonchev–Trinajstić information content (AvgIpc) is 2.79. The first-order chi connectivity index (χ1) is 15.8. The molecule has 0 saturated carbocycles. The summed E-state index contributed by atoms with van der Waals surface area (Å²) in [6.45, 7) is 5.26. The van der Waals surface area contributed by atoms with Crippen molar-refractivity contribution in [3.63, 3.8) is 0 Å². The van der Waals surface area contributed by atoms with E-state index in [2.05, 4.69) is 0 Å². The molecule has 1 aliphatic rings. The maximum absolute atomic E-state index is 14.9. The number of rotatable bonds is 10. The second kappa shape index (κ2) is 12.2. The molecule has 1 fully saturated rings. The number of hydrogen-bond acceptors (Lipinski definition) is 3. The summed E-state index contributed by atoms with van der Waals surface area (Å²) in [5.41, 5.74) is 0.0822. The quantitative estimate of drug-likeness (QED) is 0.194. The molecule has 1 saturated heterocycles. The average molecular weight is 485 g/mol. The fraction of sp³-hybridized carbons (Fsp3) is 0.538. The summed E-state index contributed by atoms with van der Waals surface area (Å²) in [7, 11) is 0. The Morgan fingerprint density at radius 2 is 1.82 bits per heavy atom. The summed E-state index contributed by atoms with van der Waals surface area (Å²) in [5.74, 6) is -0.583. The molecule has 0 aromatic heterocycles. The Morgan fingerprint density at radius 3 is 2.42 bits per heavy atom. The van der Waals surface area contributed by atoms with Crippen LogP contribution in [0.15, 0.2) is 41.3 Å². The molecule has 2 aromatic carbocycles. The van der Waals surface area contributed by atoms with Gasteiger partial charge in [0.1, 0.15) is 11.4 Å². The van der Waals surface area contributed by atoms with Crippen molar-refractivity contribution in [3.8, 4) is 11.1 Å². The molecule has 182 valence electrons. The molecule has 2 atom stereocenters. The first-order valence-electron chi connectivity index (χ1n) is 11.7. The zero-order valence-corrected chi connectivity index (χ0v) is 20.0. The van der Waals surface area contributed by atoms with E-state index in [0.29, 0.717) is 24.5 Å². The molecule has 0 amide bonds. The summed E-state index contributed by atoms with van der Waals surface area (Å²) in [5, 5.41) is 0. The predicted molar refractivity (Wildman–Crippen MR) is 125 cm³/mol. The molecule has 1 heterocycles. The molecular formula is C26H32F4O2S. The molecule has 7 heteroatoms. The fourth-order valence-electron chi connectivity index (χ4n) is 4.07. The molecule has 0 aliphatic carbocycles. The van der Waals surface area contributed by atoms with Gasteiger partial charge < -0.3 is 9.47 Å². The van der Waals surface area contributed by atoms with E-state index in [0.717, 1.165) is 55.9 Å². The third-order valence-electron chi connectivity index (χ3n) is 5.90. The summed E-state index contributed by atoms with van der Waals surface area (Å²) in [6, 6.07) is 9.79. The molecule has 0 N–H and O–H groups in total. The van der Waals surface area contributed by atoms with Crippen molar-refractivity contribution in [2.75, 3.05) is 19.0 Å². The SMILES string of the molecule is CCCCSc1ccc(-c2ccc(CCC3CCC(OCC)CO3)cc2)c(C(F)(F)F)c1F. The molecule has 2 aromatic rings. The van der Waals surface area contributed by atoms with E-state index in [1.807, 2.05) is 26.0 Å². The Kier molecular flexibility index (Phi) is 9.65. The van der Waals surface area contributed by atoms with E-state index in [9.17, 15) is 17.6 Å². The minimum Gasteiger partial charge on any atom is -0.376 e. The van der Waals surface area contributed by atoms with Gasteiger partial charge in [-0.2, -0.15) is 13.2 Å². The number of unbranched alkanes of at least 4 members (excludes halogenated alkanes) is 1. The highest BCUT2D eigenvalue weighted by Gasteiger charge is 2.38. The van der Waals surface area contributed by atoms with Gasteiger partial charge in [-0.1, -0.05) is 43.7 Å². The Morgan fingerprint density at radius 1 is 1.06 bits per heavy atom. The van der Waals surface area contributed by atoms with Crippen molar-refractivity contribution in [2.45, 2.75) is 75.7 Å². The lowest BCUT2D eigenvalue weighted by molar-refractivity contribution is -0.139. The molecule has 3 rings (SSSR count). The Balaban J connectivity index is 1.69. The van der Waals surface area contributed by atoms with Crippen molar-refractivity contribution in [1.82, 2.24) is 0 Å². The van der Waals surface area contributed by atoms with Crippen LogP contribution in [0.25, 0.3) is 11.1 Å². The van der Waals surface area contributed by atoms with Crippen LogP contribution in [-0.2, 0) is 22.1 Å². The van der Waals surface area contributed by atoms with Gasteiger partial charge in [-0.3, -0.25) is 0 Å². The van der Waals surface area contributed by atoms with Crippen molar-refractivity contribution < 1.29 is 27.0 Å². The first-order valence-corrected chi connectivity index (χ1v) is 12.7. The zero-order valence-electron chi connectivity index (χ0n) is 19.2. The molecule has 0 radical (unpaired) electrons. The van der Waals surface area contributed by atoms with Gasteiger partial charge in [0, 0.05) is 11.5 Å². The zero-order chi connectivity index (χ0) is 23.8. The predicted octanol–water partition coefficient (Wildman–Crippen LogP) is 7.92. The monoisotopic (exact) mass is 484 g/mol. The lowest BCUT2D eigenvalue weighted by Crippen LogP contribution is -2.31. The van der Waals surface area contributed by atoms with Crippen molar-refractivity contribution in [2.24, 2.45) is 0 Å². The lowest BCUT2D eigenvalue weighted by atomic mass is 9.96. The normalized spacial score (nSPS) is 19.1. The van der Waals surface area contributed by atoms with E-state index >= 15 is 0 Å². The highest BCUT2D eigenvalue weighted by Crippen LogP contribution is 2.42. The van der Waals surface area contributed by atoms with Gasteiger partial charge in [0.05, 0.1) is 18.8 Å². The molecular weight excluding hydrogens is 452 g/mol. The van der Waals surface area contributed by atoms with Gasteiger partial charge in [0.15, 0.2) is 0 Å². The van der Waals surface area contributed by atoms with Crippen LogP contribution in [-0.4, -0.2) is 31.2 Å². The number of halogens is 4. The Hall–Kier alpha value is -1.57. The number of hydrogen-bond donors (Lipinski definition) is 0. The van der Waals surface area contributed by atoms with Gasteiger partial charge in [-0.15, -0.1) is 11.8 Å². The second-order valence-electron chi connectivity index (χ2n) is 8.35. The van der Waals surface area contributed by atoms with E-state index in [1.165, 1.54) is 12.1 Å². The fourth-order valence-corrected chi connectivity index (χ4v) is 5.11. The minimum atomic E-state index is -4.77. The van der Waals surface area contributed by atoms with Gasteiger partial charge in [0.2, 0.25) is 0 Å². The number of benzene rings is 2. The number of alkyl halides is 3. The van der Waals surface area contributed by atoms with Crippen molar-refractivity contribution in [3.05, 3.63) is 53.3 Å². The highest BCUT2D eigenvalue weighted by atomic mass is 32.2. The van der Waals surface area contributed by atoms with Crippen LogP contribution in [0.2, 0.25) is 0 Å². The maximum Gasteiger partial charge on any atom is 0.419 e. The first kappa shape index (κ1) is 26.0. The van der Waals surface area contributed by atoms with Gasteiger partial charge in [-0.25, -0.2) is 4.39 Å². The maximum atomic E-state index is 14.9. The number of ether oxygens (including phenoxy) is 2. The van der Waals surface area contributed by atoms with Crippen LogP contribution in [0, 0.1) is 5.82 Å². The summed E-state index contributed by atoms with van der Waals surface area (Å²) < 4.78 is 67.6. The Labute approximate surface area is 198 Å². The van der Waals surface area contributed by atoms with E-state index in [-0.39, 0.29) is 22.7 Å². The van der Waals surface area contributed by atoms with Gasteiger partial charge in [-0.05, 0) is 67.5 Å². The van der Waals surface area contributed by atoms with Gasteiger partial charge in [0.25, 0.3) is 0 Å². The van der Waals surface area contributed by atoms with E-state index in [4.69, 9.17) is 9.47 Å². The minimum absolute atomic E-state index is 0.0511. The van der Waals surface area contributed by atoms with E-state index < -0.39 is 17.6 Å². The van der Waals surface area contributed by atoms with Crippen LogP contribution in [0.1, 0.15) is 57.1 Å². The molecule has 1 aliphatic heterocycles. The summed E-state index contributed by atoms with van der Waals surface area (Å²) in [6.07, 6.45) is 0.865. The molecule has 0 spiro atoms. The number of aryl methyl sites for hydroxylation is 1. The van der Waals surface area contributed by atoms with Crippen LogP contribution < -0.4 is 0 Å². The summed E-state index contributed by atoms with van der Waals surface area (Å²) in [4.78, 5) is 0.0511. The summed E-state index contributed by atoms with van der Waals surface area (Å²) >= 11 is 1.14. The van der Waals surface area contributed by atoms with Crippen molar-refractivity contribution >= 4 is 11.8 Å². The van der Waals surface area contributed by atoms with Crippen LogP contribution >= 0.6 is 11.8 Å². The lowest BCUT2D eigenvalue weighted by Gasteiger charge is -2.28. The van der Waals surface area contributed by atoms with Crippen LogP contribution in [0.4, 0.5) is 17.6 Å².